The molecule has 80 valence electrons. The lowest BCUT2D eigenvalue weighted by Gasteiger charge is -2.26. The molecule has 0 radical (unpaired) electrons. The van der Waals surface area contributed by atoms with Gasteiger partial charge < -0.3 is 4.90 Å². The van der Waals surface area contributed by atoms with Crippen molar-refractivity contribution >= 4 is 14.1 Å². The highest BCUT2D eigenvalue weighted by atomic mass is 27.2. The normalized spacial score (nSPS) is 27.0. The van der Waals surface area contributed by atoms with Gasteiger partial charge in [0, 0.05) is 0 Å². The maximum absolute atomic E-state index is 2.73. The van der Waals surface area contributed by atoms with Crippen molar-refractivity contribution in [2.45, 2.75) is 54.4 Å². The molecule has 14 heavy (non-hydrogen) atoms. The summed E-state index contributed by atoms with van der Waals surface area (Å²) in [6, 6.07) is 0. The van der Waals surface area contributed by atoms with Gasteiger partial charge in [-0.05, 0) is 38.9 Å². The van der Waals surface area contributed by atoms with Gasteiger partial charge in [0.2, 0.25) is 0 Å². The lowest BCUT2D eigenvalue weighted by Crippen LogP contribution is -2.30. The molecule has 3 fully saturated rings. The van der Waals surface area contributed by atoms with Crippen LogP contribution in [0.4, 0.5) is 0 Å². The summed E-state index contributed by atoms with van der Waals surface area (Å²) in [6.45, 7) is 4.21. The van der Waals surface area contributed by atoms with Crippen LogP contribution in [0, 0.1) is 0 Å². The van der Waals surface area contributed by atoms with Gasteiger partial charge in [-0.1, -0.05) is 35.1 Å². The zero-order chi connectivity index (χ0) is 9.64. The SMILES string of the molecule is C1C[CH2][Al]2[CH2]CCCN(C1)CCC[CH2]2. The zero-order valence-electron chi connectivity index (χ0n) is 9.51. The summed E-state index contributed by atoms with van der Waals surface area (Å²) in [6.07, 6.45) is 9.12. The second-order valence-corrected chi connectivity index (χ2v) is 8.66. The number of hydrogen-bond donors (Lipinski definition) is 0. The van der Waals surface area contributed by atoms with Crippen LogP contribution >= 0.6 is 0 Å². The second kappa shape index (κ2) is 6.16. The van der Waals surface area contributed by atoms with E-state index >= 15 is 0 Å². The topological polar surface area (TPSA) is 3.24 Å². The number of fused-ring (bicyclic) bond motifs is 9. The number of hydrogen-bond acceptors (Lipinski definition) is 1. The van der Waals surface area contributed by atoms with Crippen LogP contribution in [0.5, 0.6) is 0 Å². The molecule has 0 aromatic carbocycles. The Morgan fingerprint density at radius 2 is 1.00 bits per heavy atom. The fourth-order valence-corrected chi connectivity index (χ4v) is 6.54. The van der Waals surface area contributed by atoms with Gasteiger partial charge in [-0.3, -0.25) is 0 Å². The second-order valence-electron chi connectivity index (χ2n) is 5.20. The minimum atomic E-state index is -0.261. The molecule has 0 amide bonds. The summed E-state index contributed by atoms with van der Waals surface area (Å²) in [5.74, 6) is 0. The molecule has 0 aromatic rings. The summed E-state index contributed by atoms with van der Waals surface area (Å²) in [4.78, 5) is 2.73. The van der Waals surface area contributed by atoms with Crippen LogP contribution in [-0.2, 0) is 0 Å². The van der Waals surface area contributed by atoms with E-state index in [1.54, 1.807) is 35.1 Å². The van der Waals surface area contributed by atoms with Gasteiger partial charge in [0.25, 0.3) is 14.1 Å². The Labute approximate surface area is 93.3 Å². The molecular weight excluding hydrogens is 185 g/mol. The van der Waals surface area contributed by atoms with Crippen molar-refractivity contribution in [1.29, 1.82) is 0 Å². The molecule has 0 aliphatic carbocycles. The Kier molecular flexibility index (Phi) is 4.83. The highest BCUT2D eigenvalue weighted by Gasteiger charge is 2.19. The van der Waals surface area contributed by atoms with Crippen molar-refractivity contribution in [3.05, 3.63) is 0 Å². The lowest BCUT2D eigenvalue weighted by molar-refractivity contribution is 0.258. The van der Waals surface area contributed by atoms with E-state index in [2.05, 4.69) is 4.90 Å². The first-order valence-corrected chi connectivity index (χ1v) is 9.12. The van der Waals surface area contributed by atoms with Crippen molar-refractivity contribution in [2.24, 2.45) is 0 Å². The molecule has 0 spiro atoms. The molecule has 3 aliphatic rings. The first kappa shape index (κ1) is 11.0. The predicted octanol–water partition coefficient (Wildman–Crippen LogP) is 3.15. The van der Waals surface area contributed by atoms with Gasteiger partial charge in [-0.15, -0.1) is 0 Å². The van der Waals surface area contributed by atoms with Crippen LogP contribution in [0.2, 0.25) is 15.8 Å². The maximum Gasteiger partial charge on any atom is 0.261 e. The van der Waals surface area contributed by atoms with Gasteiger partial charge >= 0.3 is 0 Å². The quantitative estimate of drug-likeness (QED) is 0.554. The van der Waals surface area contributed by atoms with Gasteiger partial charge in [-0.25, -0.2) is 0 Å². The number of rotatable bonds is 0. The summed E-state index contributed by atoms with van der Waals surface area (Å²) >= 11 is -0.261. The molecule has 3 saturated heterocycles. The Bertz CT molecular complexity index is 114. The molecular formula is C12H24AlN. The molecule has 1 nitrogen and oxygen atoms in total. The minimum absolute atomic E-state index is 0.261. The van der Waals surface area contributed by atoms with E-state index in [4.69, 9.17) is 0 Å². The van der Waals surface area contributed by atoms with Crippen molar-refractivity contribution in [3.8, 4) is 0 Å². The van der Waals surface area contributed by atoms with Crippen molar-refractivity contribution in [2.75, 3.05) is 19.6 Å². The molecule has 0 N–H and O–H groups in total. The largest absolute Gasteiger partial charge is 0.303 e. The average Bonchev–Trinajstić information content (AvgIpc) is 2.25. The van der Waals surface area contributed by atoms with Crippen LogP contribution in [0.15, 0.2) is 0 Å². The zero-order valence-corrected chi connectivity index (χ0v) is 10.7. The molecule has 2 bridgehead atoms. The average molecular weight is 209 g/mol. The molecule has 0 saturated carbocycles. The number of nitrogens with zero attached hydrogens (tertiary/aromatic N) is 1. The van der Waals surface area contributed by atoms with Crippen LogP contribution in [-0.4, -0.2) is 38.7 Å². The Hall–Kier alpha value is 0.492. The van der Waals surface area contributed by atoms with Crippen LogP contribution in [0.1, 0.15) is 38.5 Å². The molecule has 2 heteroatoms. The van der Waals surface area contributed by atoms with Crippen LogP contribution in [0.25, 0.3) is 0 Å². The monoisotopic (exact) mass is 209 g/mol. The molecule has 3 aliphatic heterocycles. The Morgan fingerprint density at radius 1 is 0.571 bits per heavy atom. The van der Waals surface area contributed by atoms with Crippen LogP contribution < -0.4 is 0 Å². The van der Waals surface area contributed by atoms with E-state index < -0.39 is 0 Å². The summed E-state index contributed by atoms with van der Waals surface area (Å²) in [7, 11) is 0. The van der Waals surface area contributed by atoms with Gasteiger partial charge in [0.15, 0.2) is 0 Å². The van der Waals surface area contributed by atoms with Gasteiger partial charge in [0.05, 0.1) is 0 Å². The van der Waals surface area contributed by atoms with E-state index in [1.807, 2.05) is 0 Å². The van der Waals surface area contributed by atoms with E-state index in [0.29, 0.717) is 0 Å². The van der Waals surface area contributed by atoms with Crippen molar-refractivity contribution in [1.82, 2.24) is 4.90 Å². The third-order valence-corrected chi connectivity index (χ3v) is 7.68. The first-order chi connectivity index (χ1) is 6.95. The predicted molar refractivity (Wildman–Crippen MR) is 64.3 cm³/mol. The smallest absolute Gasteiger partial charge is 0.261 e. The molecule has 0 atom stereocenters. The minimum Gasteiger partial charge on any atom is -0.303 e. The van der Waals surface area contributed by atoms with Gasteiger partial charge in [-0.2, -0.15) is 0 Å². The van der Waals surface area contributed by atoms with E-state index in [9.17, 15) is 0 Å². The lowest BCUT2D eigenvalue weighted by atomic mass is 10.2. The van der Waals surface area contributed by atoms with Crippen molar-refractivity contribution < 1.29 is 0 Å². The van der Waals surface area contributed by atoms with Crippen molar-refractivity contribution in [3.63, 3.8) is 0 Å². The highest BCUT2D eigenvalue weighted by Crippen LogP contribution is 2.20. The van der Waals surface area contributed by atoms with E-state index in [0.717, 1.165) is 0 Å². The van der Waals surface area contributed by atoms with E-state index in [-0.39, 0.29) is 14.1 Å². The maximum atomic E-state index is 2.73. The fourth-order valence-electron chi connectivity index (χ4n) is 3.07. The molecule has 0 aromatic heterocycles. The van der Waals surface area contributed by atoms with E-state index in [1.165, 1.54) is 38.9 Å². The first-order valence-electron chi connectivity index (χ1n) is 6.67. The fraction of sp³-hybridized carbons (Fsp3) is 1.00. The van der Waals surface area contributed by atoms with Gasteiger partial charge in [0.1, 0.15) is 0 Å². The highest BCUT2D eigenvalue weighted by molar-refractivity contribution is 6.58. The summed E-state index contributed by atoms with van der Waals surface area (Å²) < 4.78 is 0. The Morgan fingerprint density at radius 3 is 1.43 bits per heavy atom. The standard InChI is InChI=1S/C12H24N.Al/c1-4-7-10-13(11-8-5-2)12-9-6-3;/h1-12H2;. The molecule has 3 heterocycles. The van der Waals surface area contributed by atoms with Crippen LogP contribution in [0.3, 0.4) is 0 Å². The molecule has 3 rings (SSSR count). The Balaban J connectivity index is 1.93. The summed E-state index contributed by atoms with van der Waals surface area (Å²) in [5.41, 5.74) is 0. The molecule has 0 unspecified atom stereocenters. The third kappa shape index (κ3) is 3.57. The third-order valence-electron chi connectivity index (χ3n) is 4.01. The summed E-state index contributed by atoms with van der Waals surface area (Å²) in [5, 5.41) is 4.98.